The molecule has 1 aromatic carbocycles. The first-order valence-corrected chi connectivity index (χ1v) is 7.23. The molecular weight excluding hydrogens is 384 g/mol. The number of ether oxygens (including phenoxy) is 3. The summed E-state index contributed by atoms with van der Waals surface area (Å²) in [6, 6.07) is 1.02. The third-order valence-electron chi connectivity index (χ3n) is 3.86. The van der Waals surface area contributed by atoms with Gasteiger partial charge in [0.25, 0.3) is 0 Å². The Morgan fingerprint density at radius 3 is 1.84 bits per heavy atom. The molecule has 25 heavy (non-hydrogen) atoms. The number of nitrogens with zero attached hydrogens (tertiary/aromatic N) is 1. The van der Waals surface area contributed by atoms with E-state index in [-0.39, 0.29) is 41.9 Å². The molecule has 1 aromatic rings. The van der Waals surface area contributed by atoms with E-state index in [4.69, 9.17) is 14.2 Å². The summed E-state index contributed by atoms with van der Waals surface area (Å²) in [6.45, 7) is 1.65. The van der Waals surface area contributed by atoms with Crippen LogP contribution in [-0.4, -0.2) is 58.6 Å². The molecule has 1 heterocycles. The fraction of sp³-hybridized carbons (Fsp3) is 0.600. The molecule has 1 aliphatic rings. The van der Waals surface area contributed by atoms with Crippen molar-refractivity contribution in [3.63, 3.8) is 0 Å². The van der Waals surface area contributed by atoms with Crippen LogP contribution < -0.4 is 19.5 Å². The largest absolute Gasteiger partial charge is 0.496 e. The van der Waals surface area contributed by atoms with E-state index in [0.29, 0.717) is 31.9 Å². The van der Waals surface area contributed by atoms with E-state index >= 15 is 0 Å². The van der Waals surface area contributed by atoms with Crippen LogP contribution in [0.1, 0.15) is 11.6 Å². The highest BCUT2D eigenvalue weighted by Gasteiger charge is 2.46. The topological polar surface area (TPSA) is 43.0 Å². The predicted octanol–water partition coefficient (Wildman–Crippen LogP) is 3.06. The highest BCUT2D eigenvalue weighted by molar-refractivity contribution is 5.85. The van der Waals surface area contributed by atoms with Crippen molar-refractivity contribution in [2.75, 3.05) is 47.5 Å². The molecule has 1 fully saturated rings. The van der Waals surface area contributed by atoms with Gasteiger partial charge in [0.15, 0.2) is 11.5 Å². The normalized spacial score (nSPS) is 16.2. The Bertz CT molecular complexity index is 541. The lowest BCUT2D eigenvalue weighted by Crippen LogP contribution is -2.49. The monoisotopic (exact) mass is 406 g/mol. The van der Waals surface area contributed by atoms with Crippen molar-refractivity contribution in [3.8, 4) is 17.2 Å². The number of methoxy groups -OCH3 is 3. The number of hydrogen-bond donors (Lipinski definition) is 1. The average molecular weight is 407 g/mol. The number of piperazine rings is 1. The van der Waals surface area contributed by atoms with Gasteiger partial charge in [-0.05, 0) is 6.07 Å². The summed E-state index contributed by atoms with van der Waals surface area (Å²) in [5.74, 6) is 0.700. The molecule has 0 aliphatic carbocycles. The summed E-state index contributed by atoms with van der Waals surface area (Å²) >= 11 is 0. The lowest BCUT2D eigenvalue weighted by molar-refractivity contribution is -0.188. The van der Waals surface area contributed by atoms with Crippen LogP contribution in [0.3, 0.4) is 0 Å². The zero-order valence-corrected chi connectivity index (χ0v) is 15.8. The van der Waals surface area contributed by atoms with Crippen LogP contribution in [0.2, 0.25) is 0 Å². The van der Waals surface area contributed by atoms with E-state index in [1.165, 1.54) is 38.4 Å². The standard InChI is InChI=1S/C15H21F3N2O3.2ClH/c1-21-11-9-13(23-3)12(22-2)8-10(11)14(15(16,17)18)20-6-4-19-5-7-20;;/h8-9,14,19H,4-7H2,1-3H3;2*1H/t14-;;/m1../s1. The smallest absolute Gasteiger partial charge is 0.408 e. The molecule has 1 saturated heterocycles. The van der Waals surface area contributed by atoms with E-state index in [0.717, 1.165) is 0 Å². The Labute approximate surface area is 157 Å². The van der Waals surface area contributed by atoms with Crippen LogP contribution in [-0.2, 0) is 0 Å². The summed E-state index contributed by atoms with van der Waals surface area (Å²) in [5.41, 5.74) is 0.0274. The Hall–Kier alpha value is -1.09. The van der Waals surface area contributed by atoms with Crippen molar-refractivity contribution >= 4 is 24.8 Å². The quantitative estimate of drug-likeness (QED) is 0.813. The second-order valence-electron chi connectivity index (χ2n) is 5.18. The van der Waals surface area contributed by atoms with Gasteiger partial charge in [0.05, 0.1) is 21.3 Å². The molecule has 1 aliphatic heterocycles. The van der Waals surface area contributed by atoms with Crippen LogP contribution in [0, 0.1) is 0 Å². The number of rotatable bonds is 5. The lowest BCUT2D eigenvalue weighted by Gasteiger charge is -2.36. The average Bonchev–Trinajstić information content (AvgIpc) is 2.54. The van der Waals surface area contributed by atoms with Gasteiger partial charge < -0.3 is 19.5 Å². The van der Waals surface area contributed by atoms with Crippen LogP contribution in [0.4, 0.5) is 13.2 Å². The summed E-state index contributed by atoms with van der Waals surface area (Å²) in [4.78, 5) is 1.40. The Kier molecular flexibility index (Phi) is 9.71. The number of alkyl halides is 3. The van der Waals surface area contributed by atoms with E-state index in [9.17, 15) is 13.2 Å². The van der Waals surface area contributed by atoms with Crippen molar-refractivity contribution in [2.24, 2.45) is 0 Å². The summed E-state index contributed by atoms with van der Waals surface area (Å²) in [7, 11) is 4.16. The molecule has 1 atom stereocenters. The second-order valence-corrected chi connectivity index (χ2v) is 5.18. The molecule has 10 heteroatoms. The molecule has 0 radical (unpaired) electrons. The van der Waals surface area contributed by atoms with Gasteiger partial charge >= 0.3 is 6.18 Å². The number of halogens is 5. The molecule has 0 spiro atoms. The number of hydrogen-bond acceptors (Lipinski definition) is 5. The molecule has 0 aromatic heterocycles. The van der Waals surface area contributed by atoms with Gasteiger partial charge in [0.1, 0.15) is 11.8 Å². The minimum Gasteiger partial charge on any atom is -0.496 e. The van der Waals surface area contributed by atoms with Crippen molar-refractivity contribution in [3.05, 3.63) is 17.7 Å². The molecule has 146 valence electrons. The summed E-state index contributed by atoms with van der Waals surface area (Å²) in [6.07, 6.45) is -4.43. The first-order valence-electron chi connectivity index (χ1n) is 7.23. The van der Waals surface area contributed by atoms with Gasteiger partial charge in [-0.3, -0.25) is 4.90 Å². The lowest BCUT2D eigenvalue weighted by atomic mass is 10.0. The molecule has 0 unspecified atom stereocenters. The molecule has 0 amide bonds. The van der Waals surface area contributed by atoms with Crippen LogP contribution in [0.15, 0.2) is 12.1 Å². The maximum absolute atomic E-state index is 13.7. The maximum atomic E-state index is 13.7. The van der Waals surface area contributed by atoms with Gasteiger partial charge in [-0.15, -0.1) is 24.8 Å². The molecule has 0 saturated carbocycles. The molecule has 0 bridgehead atoms. The van der Waals surface area contributed by atoms with Crippen molar-refractivity contribution in [1.82, 2.24) is 10.2 Å². The zero-order valence-electron chi connectivity index (χ0n) is 14.2. The van der Waals surface area contributed by atoms with Gasteiger partial charge in [0, 0.05) is 37.8 Å². The molecule has 5 nitrogen and oxygen atoms in total. The van der Waals surface area contributed by atoms with Gasteiger partial charge in [-0.2, -0.15) is 13.2 Å². The van der Waals surface area contributed by atoms with Gasteiger partial charge in [-0.1, -0.05) is 0 Å². The SMILES string of the molecule is COc1cc(OC)c([C@@H](N2CCNCC2)C(F)(F)F)cc1OC.Cl.Cl. The number of nitrogens with one attached hydrogen (secondary N) is 1. The first kappa shape index (κ1) is 23.9. The fourth-order valence-corrected chi connectivity index (χ4v) is 2.79. The third-order valence-corrected chi connectivity index (χ3v) is 3.86. The first-order chi connectivity index (χ1) is 10.9. The number of benzene rings is 1. The van der Waals surface area contributed by atoms with Crippen molar-refractivity contribution in [1.29, 1.82) is 0 Å². The Balaban J connectivity index is 0.00000288. The Morgan fingerprint density at radius 1 is 0.920 bits per heavy atom. The Morgan fingerprint density at radius 2 is 1.40 bits per heavy atom. The van der Waals surface area contributed by atoms with E-state index in [1.54, 1.807) is 0 Å². The molecule has 2 rings (SSSR count). The van der Waals surface area contributed by atoms with E-state index in [1.807, 2.05) is 0 Å². The van der Waals surface area contributed by atoms with Crippen LogP contribution >= 0.6 is 24.8 Å². The highest BCUT2D eigenvalue weighted by Crippen LogP contribution is 2.45. The van der Waals surface area contributed by atoms with Gasteiger partial charge in [0.2, 0.25) is 0 Å². The molecular formula is C15H23Cl2F3N2O3. The van der Waals surface area contributed by atoms with Gasteiger partial charge in [-0.25, -0.2) is 0 Å². The highest BCUT2D eigenvalue weighted by atomic mass is 35.5. The van der Waals surface area contributed by atoms with Crippen molar-refractivity contribution in [2.45, 2.75) is 12.2 Å². The van der Waals surface area contributed by atoms with Crippen LogP contribution in [0.25, 0.3) is 0 Å². The van der Waals surface area contributed by atoms with E-state index in [2.05, 4.69) is 5.32 Å². The molecule has 1 N–H and O–H groups in total. The fourth-order valence-electron chi connectivity index (χ4n) is 2.79. The summed E-state index contributed by atoms with van der Waals surface area (Å²) < 4.78 is 56.7. The zero-order chi connectivity index (χ0) is 17.0. The van der Waals surface area contributed by atoms with E-state index < -0.39 is 12.2 Å². The predicted molar refractivity (Wildman–Crippen MR) is 93.8 cm³/mol. The third kappa shape index (κ3) is 5.44. The maximum Gasteiger partial charge on any atom is 0.408 e. The minimum atomic E-state index is -4.43. The van der Waals surface area contributed by atoms with Crippen molar-refractivity contribution < 1.29 is 27.4 Å². The minimum absolute atomic E-state index is 0. The van der Waals surface area contributed by atoms with Crippen LogP contribution in [0.5, 0.6) is 17.2 Å². The summed E-state index contributed by atoms with van der Waals surface area (Å²) in [5, 5.41) is 3.06. The second kappa shape index (κ2) is 10.2.